The molecule has 3 aromatic rings. The first-order chi connectivity index (χ1) is 12.4. The van der Waals surface area contributed by atoms with Crippen molar-refractivity contribution in [3.8, 4) is 11.3 Å². The fourth-order valence-electron chi connectivity index (χ4n) is 2.51. The van der Waals surface area contributed by atoms with E-state index in [1.54, 1.807) is 36.5 Å². The molecule has 0 unspecified atom stereocenters. The minimum atomic E-state index is -3.73. The van der Waals surface area contributed by atoms with Crippen LogP contribution in [0.4, 0.5) is 5.69 Å². The Balaban J connectivity index is 1.56. The van der Waals surface area contributed by atoms with Crippen LogP contribution in [-0.2, 0) is 10.0 Å². The van der Waals surface area contributed by atoms with Gasteiger partial charge >= 0.3 is 0 Å². The Morgan fingerprint density at radius 3 is 2.54 bits per heavy atom. The lowest BCUT2D eigenvalue weighted by atomic mass is 10.2. The van der Waals surface area contributed by atoms with Crippen molar-refractivity contribution in [1.29, 1.82) is 0 Å². The molecule has 8 heteroatoms. The molecule has 0 aliphatic heterocycles. The number of anilines is 1. The summed E-state index contributed by atoms with van der Waals surface area (Å²) in [4.78, 5) is 4.44. The standard InChI is InChI=1S/C18H14ClIN2O3S/c19-15-9-13(20)5-8-16(15)22-26(23,24)14-6-3-11(4-7-14)17-10-21-18(25-17)12-1-2-12/h3-10,12,22H,1-2H2. The van der Waals surface area contributed by atoms with Crippen LogP contribution in [0.25, 0.3) is 11.3 Å². The number of rotatable bonds is 5. The number of oxazole rings is 1. The molecule has 0 amide bonds. The largest absolute Gasteiger partial charge is 0.440 e. The van der Waals surface area contributed by atoms with Gasteiger partial charge in [-0.05, 0) is 77.9 Å². The van der Waals surface area contributed by atoms with Gasteiger partial charge in [0.1, 0.15) is 0 Å². The molecule has 5 nitrogen and oxygen atoms in total. The summed E-state index contributed by atoms with van der Waals surface area (Å²) >= 11 is 8.22. The second-order valence-corrected chi connectivity index (χ2v) is 9.43. The Labute approximate surface area is 170 Å². The topological polar surface area (TPSA) is 72.2 Å². The van der Waals surface area contributed by atoms with Crippen molar-refractivity contribution in [1.82, 2.24) is 4.98 Å². The molecule has 1 N–H and O–H groups in total. The molecule has 1 aliphatic carbocycles. The number of hydrogen-bond donors (Lipinski definition) is 1. The molecule has 1 heterocycles. The van der Waals surface area contributed by atoms with E-state index in [1.165, 1.54) is 12.1 Å². The van der Waals surface area contributed by atoms with E-state index in [4.69, 9.17) is 16.0 Å². The first-order valence-electron chi connectivity index (χ1n) is 7.96. The second kappa shape index (κ2) is 6.86. The molecule has 0 spiro atoms. The lowest BCUT2D eigenvalue weighted by Crippen LogP contribution is -2.13. The van der Waals surface area contributed by atoms with E-state index in [2.05, 4.69) is 32.3 Å². The van der Waals surface area contributed by atoms with Crippen molar-refractivity contribution in [3.63, 3.8) is 0 Å². The maximum Gasteiger partial charge on any atom is 0.261 e. The molecule has 1 saturated carbocycles. The molecule has 2 aromatic carbocycles. The maximum absolute atomic E-state index is 12.6. The van der Waals surface area contributed by atoms with E-state index >= 15 is 0 Å². The van der Waals surface area contributed by atoms with Crippen molar-refractivity contribution in [2.24, 2.45) is 0 Å². The maximum atomic E-state index is 12.6. The van der Waals surface area contributed by atoms with Gasteiger partial charge in [0, 0.05) is 15.1 Å². The molecule has 0 bridgehead atoms. The number of nitrogens with one attached hydrogen (secondary N) is 1. The second-order valence-electron chi connectivity index (χ2n) is 6.09. The number of halogens is 2. The quantitative estimate of drug-likeness (QED) is 0.484. The highest BCUT2D eigenvalue weighted by Gasteiger charge is 2.28. The number of benzene rings is 2. The molecule has 1 aromatic heterocycles. The monoisotopic (exact) mass is 500 g/mol. The average molecular weight is 501 g/mol. The van der Waals surface area contributed by atoms with Crippen LogP contribution in [0.15, 0.2) is 58.0 Å². The van der Waals surface area contributed by atoms with E-state index in [1.807, 2.05) is 0 Å². The first-order valence-corrected chi connectivity index (χ1v) is 10.9. The predicted molar refractivity (Wildman–Crippen MR) is 109 cm³/mol. The van der Waals surface area contributed by atoms with Crippen LogP contribution in [0.5, 0.6) is 0 Å². The number of nitrogens with zero attached hydrogens (tertiary/aromatic N) is 1. The van der Waals surface area contributed by atoms with Crippen molar-refractivity contribution in [2.75, 3.05) is 4.72 Å². The van der Waals surface area contributed by atoms with Crippen LogP contribution in [0.2, 0.25) is 5.02 Å². The normalized spacial score (nSPS) is 14.4. The van der Waals surface area contributed by atoms with Gasteiger partial charge in [-0.2, -0.15) is 0 Å². The molecule has 0 radical (unpaired) electrons. The SMILES string of the molecule is O=S(=O)(Nc1ccc(I)cc1Cl)c1ccc(-c2cnc(C3CC3)o2)cc1. The van der Waals surface area contributed by atoms with Crippen LogP contribution in [-0.4, -0.2) is 13.4 Å². The van der Waals surface area contributed by atoms with Gasteiger partial charge in [0.15, 0.2) is 11.7 Å². The Bertz CT molecular complexity index is 1060. The molecule has 0 saturated heterocycles. The minimum Gasteiger partial charge on any atom is -0.440 e. The van der Waals surface area contributed by atoms with Crippen LogP contribution in [0.1, 0.15) is 24.7 Å². The van der Waals surface area contributed by atoms with Gasteiger partial charge in [-0.15, -0.1) is 0 Å². The zero-order valence-corrected chi connectivity index (χ0v) is 17.2. The third-order valence-electron chi connectivity index (χ3n) is 4.07. The molecule has 1 aliphatic rings. The van der Waals surface area contributed by atoms with E-state index in [-0.39, 0.29) is 4.90 Å². The van der Waals surface area contributed by atoms with Gasteiger partial charge in [0.05, 0.1) is 21.8 Å². The van der Waals surface area contributed by atoms with Crippen molar-refractivity contribution >= 4 is 49.9 Å². The highest BCUT2D eigenvalue weighted by molar-refractivity contribution is 14.1. The Morgan fingerprint density at radius 1 is 1.15 bits per heavy atom. The van der Waals surface area contributed by atoms with E-state index in [0.717, 1.165) is 27.9 Å². The first kappa shape index (κ1) is 17.8. The van der Waals surface area contributed by atoms with Gasteiger partial charge in [0.25, 0.3) is 10.0 Å². The van der Waals surface area contributed by atoms with Gasteiger partial charge in [-0.1, -0.05) is 11.6 Å². The Hall–Kier alpha value is -1.58. The zero-order valence-electron chi connectivity index (χ0n) is 13.4. The van der Waals surface area contributed by atoms with Gasteiger partial charge in [0.2, 0.25) is 0 Å². The van der Waals surface area contributed by atoms with Gasteiger partial charge < -0.3 is 4.42 Å². The number of sulfonamides is 1. The van der Waals surface area contributed by atoms with Crippen LogP contribution in [0, 0.1) is 3.57 Å². The summed E-state index contributed by atoms with van der Waals surface area (Å²) in [5.74, 6) is 1.84. The molecule has 1 fully saturated rings. The molecular formula is C18H14ClIN2O3S. The smallest absolute Gasteiger partial charge is 0.261 e. The van der Waals surface area contributed by atoms with Crippen LogP contribution < -0.4 is 4.72 Å². The number of hydrogen-bond acceptors (Lipinski definition) is 4. The van der Waals surface area contributed by atoms with Crippen LogP contribution >= 0.6 is 34.2 Å². The predicted octanol–water partition coefficient (Wildman–Crippen LogP) is 5.28. The molecule has 134 valence electrons. The van der Waals surface area contributed by atoms with E-state index in [0.29, 0.717) is 22.4 Å². The summed E-state index contributed by atoms with van der Waals surface area (Å²) in [5.41, 5.74) is 1.14. The summed E-state index contributed by atoms with van der Waals surface area (Å²) in [6.07, 6.45) is 3.91. The summed E-state index contributed by atoms with van der Waals surface area (Å²) in [6.45, 7) is 0. The molecular weight excluding hydrogens is 487 g/mol. The molecule has 26 heavy (non-hydrogen) atoms. The average Bonchev–Trinajstić information content (AvgIpc) is 3.35. The third kappa shape index (κ3) is 3.74. The van der Waals surface area contributed by atoms with Crippen molar-refractivity contribution in [3.05, 3.63) is 63.1 Å². The van der Waals surface area contributed by atoms with E-state index < -0.39 is 10.0 Å². The van der Waals surface area contributed by atoms with Crippen molar-refractivity contribution in [2.45, 2.75) is 23.7 Å². The van der Waals surface area contributed by atoms with Gasteiger partial charge in [-0.3, -0.25) is 4.72 Å². The minimum absolute atomic E-state index is 0.151. The summed E-state index contributed by atoms with van der Waals surface area (Å²) in [6, 6.07) is 11.6. The fraction of sp³-hybridized carbons (Fsp3) is 0.167. The Morgan fingerprint density at radius 2 is 1.88 bits per heavy atom. The van der Waals surface area contributed by atoms with Crippen molar-refractivity contribution < 1.29 is 12.8 Å². The fourth-order valence-corrected chi connectivity index (χ4v) is 4.55. The summed E-state index contributed by atoms with van der Waals surface area (Å²) in [5, 5.41) is 0.353. The van der Waals surface area contributed by atoms with Crippen LogP contribution in [0.3, 0.4) is 0 Å². The van der Waals surface area contributed by atoms with Gasteiger partial charge in [-0.25, -0.2) is 13.4 Å². The van der Waals surface area contributed by atoms with E-state index in [9.17, 15) is 8.42 Å². The number of aromatic nitrogens is 1. The summed E-state index contributed by atoms with van der Waals surface area (Å²) in [7, 11) is -3.73. The summed E-state index contributed by atoms with van der Waals surface area (Å²) < 4.78 is 34.4. The third-order valence-corrected chi connectivity index (χ3v) is 6.44. The highest BCUT2D eigenvalue weighted by atomic mass is 127. The lowest BCUT2D eigenvalue weighted by molar-refractivity contribution is 0.509. The highest BCUT2D eigenvalue weighted by Crippen LogP contribution is 2.40. The molecule has 0 atom stereocenters. The Kier molecular flexibility index (Phi) is 4.70. The lowest BCUT2D eigenvalue weighted by Gasteiger charge is -2.10. The zero-order chi connectivity index (χ0) is 18.3. The molecule has 4 rings (SSSR count).